The van der Waals surface area contributed by atoms with Gasteiger partial charge in [0.15, 0.2) is 11.5 Å². The second-order valence-corrected chi connectivity index (χ2v) is 8.42. The van der Waals surface area contributed by atoms with Crippen LogP contribution in [0.15, 0.2) is 42.5 Å². The van der Waals surface area contributed by atoms with Crippen molar-refractivity contribution in [3.63, 3.8) is 0 Å². The van der Waals surface area contributed by atoms with Gasteiger partial charge in [0.1, 0.15) is 0 Å². The molecular weight excluding hydrogens is 402 g/mol. The van der Waals surface area contributed by atoms with Gasteiger partial charge in [0.2, 0.25) is 0 Å². The first-order valence-electron chi connectivity index (χ1n) is 8.78. The molecule has 152 valence electrons. The number of hydrogen-bond donors (Lipinski definition) is 0. The fraction of sp³-hybridized carbons (Fsp3) is 0.350. The number of methoxy groups -OCH3 is 1. The van der Waals surface area contributed by atoms with Crippen LogP contribution in [0.3, 0.4) is 0 Å². The minimum Gasteiger partial charge on any atom is -0.493 e. The van der Waals surface area contributed by atoms with E-state index < -0.39 is 10.1 Å². The van der Waals surface area contributed by atoms with E-state index in [1.165, 1.54) is 7.11 Å². The predicted molar refractivity (Wildman–Crippen MR) is 110 cm³/mol. The number of benzene rings is 2. The lowest BCUT2D eigenvalue weighted by Crippen LogP contribution is -2.38. The largest absolute Gasteiger partial charge is 0.493 e. The highest BCUT2D eigenvalue weighted by atomic mass is 35.5. The van der Waals surface area contributed by atoms with Gasteiger partial charge in [0, 0.05) is 12.6 Å². The number of amides is 1. The normalized spacial score (nSPS) is 12.3. The summed E-state index contributed by atoms with van der Waals surface area (Å²) in [7, 11) is -2.29. The van der Waals surface area contributed by atoms with Gasteiger partial charge in [-0.3, -0.25) is 4.79 Å². The standard InChI is InChI=1S/C20H24ClNO5S/c1-5-14(2)22(20(23)16-8-6-7-9-17(16)21)13-15-10-11-18(26-3)19(12-15)27-28(4,24)25/h6-12,14H,5,13H2,1-4H3/t14-/m0/s1. The number of carbonyl (C=O) groups is 1. The first kappa shape index (κ1) is 22.0. The first-order valence-corrected chi connectivity index (χ1v) is 11.0. The Morgan fingerprint density at radius 3 is 2.43 bits per heavy atom. The van der Waals surface area contributed by atoms with Gasteiger partial charge in [-0.05, 0) is 43.2 Å². The van der Waals surface area contributed by atoms with Crippen LogP contribution < -0.4 is 8.92 Å². The fourth-order valence-corrected chi connectivity index (χ4v) is 3.35. The van der Waals surface area contributed by atoms with Crippen molar-refractivity contribution in [1.82, 2.24) is 4.90 Å². The van der Waals surface area contributed by atoms with Crippen molar-refractivity contribution >= 4 is 27.6 Å². The van der Waals surface area contributed by atoms with Crippen LogP contribution in [0.5, 0.6) is 11.5 Å². The van der Waals surface area contributed by atoms with E-state index in [4.69, 9.17) is 20.5 Å². The highest BCUT2D eigenvalue weighted by molar-refractivity contribution is 7.86. The van der Waals surface area contributed by atoms with Crippen molar-refractivity contribution in [2.45, 2.75) is 32.9 Å². The van der Waals surface area contributed by atoms with Gasteiger partial charge >= 0.3 is 10.1 Å². The van der Waals surface area contributed by atoms with Gasteiger partial charge < -0.3 is 13.8 Å². The molecule has 0 spiro atoms. The summed E-state index contributed by atoms with van der Waals surface area (Å²) in [5.74, 6) is 0.180. The summed E-state index contributed by atoms with van der Waals surface area (Å²) >= 11 is 6.20. The number of carbonyl (C=O) groups excluding carboxylic acids is 1. The maximum Gasteiger partial charge on any atom is 0.306 e. The lowest BCUT2D eigenvalue weighted by molar-refractivity contribution is 0.0671. The monoisotopic (exact) mass is 425 g/mol. The summed E-state index contributed by atoms with van der Waals surface area (Å²) in [5.41, 5.74) is 1.13. The number of halogens is 1. The smallest absolute Gasteiger partial charge is 0.306 e. The van der Waals surface area contributed by atoms with Crippen LogP contribution in [0.2, 0.25) is 5.02 Å². The molecule has 0 unspecified atom stereocenters. The summed E-state index contributed by atoms with van der Waals surface area (Å²) in [6.07, 6.45) is 1.71. The number of hydrogen-bond acceptors (Lipinski definition) is 5. The molecule has 0 fully saturated rings. The Balaban J connectivity index is 2.38. The Morgan fingerprint density at radius 1 is 1.18 bits per heavy atom. The van der Waals surface area contributed by atoms with Crippen LogP contribution in [-0.2, 0) is 16.7 Å². The van der Waals surface area contributed by atoms with Crippen molar-refractivity contribution in [2.75, 3.05) is 13.4 Å². The molecule has 0 aromatic heterocycles. The molecule has 0 aliphatic rings. The van der Waals surface area contributed by atoms with Gasteiger partial charge in [0.25, 0.3) is 5.91 Å². The molecular formula is C20H24ClNO5S. The maximum absolute atomic E-state index is 13.1. The zero-order chi connectivity index (χ0) is 20.9. The van der Waals surface area contributed by atoms with Gasteiger partial charge in [-0.25, -0.2) is 0 Å². The van der Waals surface area contributed by atoms with E-state index >= 15 is 0 Å². The SMILES string of the molecule is CC[C@H](C)N(Cc1ccc(OC)c(OS(C)(=O)=O)c1)C(=O)c1ccccc1Cl. The third-order valence-electron chi connectivity index (χ3n) is 4.31. The molecule has 6 nitrogen and oxygen atoms in total. The highest BCUT2D eigenvalue weighted by Gasteiger charge is 2.23. The molecule has 0 bridgehead atoms. The molecule has 1 atom stereocenters. The predicted octanol–water partition coefficient (Wildman–Crippen LogP) is 4.13. The van der Waals surface area contributed by atoms with Crippen molar-refractivity contribution in [1.29, 1.82) is 0 Å². The van der Waals surface area contributed by atoms with Crippen LogP contribution in [0.25, 0.3) is 0 Å². The van der Waals surface area contributed by atoms with Crippen molar-refractivity contribution in [3.05, 3.63) is 58.6 Å². The molecule has 0 aliphatic carbocycles. The van der Waals surface area contributed by atoms with Crippen LogP contribution in [0.4, 0.5) is 0 Å². The Labute approximate surface area is 171 Å². The average molecular weight is 426 g/mol. The zero-order valence-corrected chi connectivity index (χ0v) is 17.9. The Hall–Kier alpha value is -2.25. The van der Waals surface area contributed by atoms with E-state index in [0.29, 0.717) is 21.9 Å². The number of ether oxygens (including phenoxy) is 1. The average Bonchev–Trinajstić information content (AvgIpc) is 2.64. The summed E-state index contributed by atoms with van der Waals surface area (Å²) in [4.78, 5) is 14.8. The minimum absolute atomic E-state index is 0.0508. The van der Waals surface area contributed by atoms with E-state index in [9.17, 15) is 13.2 Å². The van der Waals surface area contributed by atoms with Crippen LogP contribution in [0, 0.1) is 0 Å². The molecule has 0 heterocycles. The Bertz CT molecular complexity index is 945. The second kappa shape index (κ2) is 9.30. The van der Waals surface area contributed by atoms with E-state index in [1.807, 2.05) is 13.8 Å². The van der Waals surface area contributed by atoms with Crippen LogP contribution in [0.1, 0.15) is 36.2 Å². The molecule has 0 N–H and O–H groups in total. The molecule has 28 heavy (non-hydrogen) atoms. The Morgan fingerprint density at radius 2 is 1.86 bits per heavy atom. The quantitative estimate of drug-likeness (QED) is 0.594. The third-order valence-corrected chi connectivity index (χ3v) is 5.12. The van der Waals surface area contributed by atoms with Gasteiger partial charge in [0.05, 0.1) is 24.0 Å². The third kappa shape index (κ3) is 5.62. The van der Waals surface area contributed by atoms with Crippen molar-refractivity contribution < 1.29 is 22.1 Å². The summed E-state index contributed by atoms with van der Waals surface area (Å²) in [5, 5.41) is 0.386. The van der Waals surface area contributed by atoms with Gasteiger partial charge in [-0.1, -0.05) is 36.7 Å². The summed E-state index contributed by atoms with van der Waals surface area (Å²) < 4.78 is 33.2. The summed E-state index contributed by atoms with van der Waals surface area (Å²) in [6.45, 7) is 4.21. The highest BCUT2D eigenvalue weighted by Crippen LogP contribution is 2.30. The molecule has 0 saturated heterocycles. The molecule has 2 rings (SSSR count). The number of rotatable bonds is 8. The van der Waals surface area contributed by atoms with E-state index in [2.05, 4.69) is 0 Å². The van der Waals surface area contributed by atoms with Crippen molar-refractivity contribution in [2.24, 2.45) is 0 Å². The van der Waals surface area contributed by atoms with Gasteiger partial charge in [-0.2, -0.15) is 8.42 Å². The van der Waals surface area contributed by atoms with Crippen LogP contribution >= 0.6 is 11.6 Å². The Kier molecular flexibility index (Phi) is 7.32. The molecule has 1 amide bonds. The van der Waals surface area contributed by atoms with Crippen LogP contribution in [-0.4, -0.2) is 38.6 Å². The van der Waals surface area contributed by atoms with E-state index in [1.54, 1.807) is 47.4 Å². The molecule has 0 aliphatic heterocycles. The van der Waals surface area contributed by atoms with Gasteiger partial charge in [-0.15, -0.1) is 0 Å². The molecule has 0 saturated carbocycles. The fourth-order valence-electron chi connectivity index (χ4n) is 2.68. The van der Waals surface area contributed by atoms with E-state index in [0.717, 1.165) is 12.7 Å². The molecule has 8 heteroatoms. The first-order chi connectivity index (χ1) is 13.2. The number of nitrogens with zero attached hydrogens (tertiary/aromatic N) is 1. The maximum atomic E-state index is 13.1. The minimum atomic E-state index is -3.72. The van der Waals surface area contributed by atoms with Crippen molar-refractivity contribution in [3.8, 4) is 11.5 Å². The topological polar surface area (TPSA) is 72.9 Å². The van der Waals surface area contributed by atoms with E-state index in [-0.39, 0.29) is 24.2 Å². The lowest BCUT2D eigenvalue weighted by Gasteiger charge is -2.29. The summed E-state index contributed by atoms with van der Waals surface area (Å²) in [6, 6.07) is 11.8. The molecule has 2 aromatic rings. The molecule has 0 radical (unpaired) electrons. The second-order valence-electron chi connectivity index (χ2n) is 6.44. The zero-order valence-electron chi connectivity index (χ0n) is 16.3. The lowest BCUT2D eigenvalue weighted by atomic mass is 10.1. The molecule has 2 aromatic carbocycles.